The van der Waals surface area contributed by atoms with Crippen LogP contribution < -0.4 is 9.64 Å². The molecule has 0 bridgehead atoms. The molecule has 2 heterocycles. The highest BCUT2D eigenvalue weighted by molar-refractivity contribution is 6.33. The van der Waals surface area contributed by atoms with Gasteiger partial charge in [-0.3, -0.25) is 14.3 Å². The Labute approximate surface area is 197 Å². The monoisotopic (exact) mass is 503 g/mol. The second-order valence-corrected chi connectivity index (χ2v) is 8.00. The number of nitrogens with zero attached hydrogens (tertiary/aromatic N) is 5. The molecular weight excluding hydrogens is 486 g/mol. The number of alkyl halides is 3. The quantitative estimate of drug-likeness (QED) is 0.457. The second-order valence-electron chi connectivity index (χ2n) is 7.22. The molecule has 176 valence electrons. The van der Waals surface area contributed by atoms with Crippen LogP contribution in [0.2, 0.25) is 10.0 Å². The van der Waals surface area contributed by atoms with Crippen LogP contribution in [-0.2, 0) is 17.5 Å². The zero-order valence-corrected chi connectivity index (χ0v) is 19.1. The van der Waals surface area contributed by atoms with Crippen LogP contribution in [0, 0.1) is 18.3 Å². The van der Waals surface area contributed by atoms with Gasteiger partial charge in [-0.05, 0) is 13.0 Å². The number of ketones is 1. The molecule has 0 N–H and O–H groups in total. The standard InChI is InChI=1S/C20H18Cl2F3N5O3/c1-11-18(22)19(20(23,24)25)27-30(11)10-17(32)29-5-3-28(4-6-29)14-8-16(33-2)13(21)7-12(14)15(31)9-26/h7-8H,3-6,10H2,1-2H3. The first-order valence-corrected chi connectivity index (χ1v) is 10.4. The predicted molar refractivity (Wildman–Crippen MR) is 114 cm³/mol. The summed E-state index contributed by atoms with van der Waals surface area (Å²) >= 11 is 11.8. The maximum absolute atomic E-state index is 13.0. The third-order valence-electron chi connectivity index (χ3n) is 5.28. The number of methoxy groups -OCH3 is 1. The summed E-state index contributed by atoms with van der Waals surface area (Å²) in [5.41, 5.74) is -0.626. The number of hydrogen-bond acceptors (Lipinski definition) is 6. The van der Waals surface area contributed by atoms with Crippen molar-refractivity contribution >= 4 is 40.6 Å². The molecule has 2 aromatic rings. The number of nitriles is 1. The van der Waals surface area contributed by atoms with Crippen molar-refractivity contribution in [3.05, 3.63) is 39.1 Å². The molecule has 1 fully saturated rings. The Morgan fingerprint density at radius 2 is 1.85 bits per heavy atom. The van der Waals surface area contributed by atoms with Crippen LogP contribution in [0.25, 0.3) is 0 Å². The molecule has 0 radical (unpaired) electrons. The highest BCUT2D eigenvalue weighted by Gasteiger charge is 2.38. The van der Waals surface area contributed by atoms with Gasteiger partial charge in [0.2, 0.25) is 5.91 Å². The van der Waals surface area contributed by atoms with Crippen LogP contribution in [0.4, 0.5) is 18.9 Å². The van der Waals surface area contributed by atoms with Gasteiger partial charge in [-0.1, -0.05) is 23.2 Å². The van der Waals surface area contributed by atoms with Gasteiger partial charge in [0.1, 0.15) is 18.4 Å². The van der Waals surface area contributed by atoms with Crippen molar-refractivity contribution in [2.75, 3.05) is 38.2 Å². The van der Waals surface area contributed by atoms with Crippen molar-refractivity contribution in [3.8, 4) is 11.8 Å². The molecule has 0 unspecified atom stereocenters. The van der Waals surface area contributed by atoms with Crippen LogP contribution in [0.15, 0.2) is 12.1 Å². The van der Waals surface area contributed by atoms with Crippen molar-refractivity contribution in [2.45, 2.75) is 19.6 Å². The number of ether oxygens (including phenoxy) is 1. The van der Waals surface area contributed by atoms with Crippen LogP contribution in [-0.4, -0.2) is 59.7 Å². The summed E-state index contributed by atoms with van der Waals surface area (Å²) in [6, 6.07) is 4.49. The van der Waals surface area contributed by atoms with Gasteiger partial charge in [0.25, 0.3) is 5.78 Å². The van der Waals surface area contributed by atoms with Crippen molar-refractivity contribution in [3.63, 3.8) is 0 Å². The van der Waals surface area contributed by atoms with E-state index in [1.54, 1.807) is 12.1 Å². The first kappa shape index (κ1) is 24.7. The summed E-state index contributed by atoms with van der Waals surface area (Å²) < 4.78 is 45.2. The number of piperazine rings is 1. The molecule has 1 amide bonds. The van der Waals surface area contributed by atoms with E-state index in [0.29, 0.717) is 24.5 Å². The third kappa shape index (κ3) is 5.02. The third-order valence-corrected chi connectivity index (χ3v) is 6.02. The number of carbonyl (C=O) groups is 2. The summed E-state index contributed by atoms with van der Waals surface area (Å²) in [5, 5.41) is 12.1. The van der Waals surface area contributed by atoms with Gasteiger partial charge in [0.15, 0.2) is 5.69 Å². The molecule has 3 rings (SSSR count). The Morgan fingerprint density at radius 1 is 1.21 bits per heavy atom. The van der Waals surface area contributed by atoms with E-state index in [1.807, 2.05) is 4.90 Å². The van der Waals surface area contributed by atoms with E-state index in [4.69, 9.17) is 33.2 Å². The van der Waals surface area contributed by atoms with Gasteiger partial charge in [0.05, 0.1) is 34.1 Å². The average molecular weight is 504 g/mol. The van der Waals surface area contributed by atoms with Crippen LogP contribution in [0.1, 0.15) is 21.7 Å². The fraction of sp³-hybridized carbons (Fsp3) is 0.400. The van der Waals surface area contributed by atoms with Crippen LogP contribution in [0.3, 0.4) is 0 Å². The van der Waals surface area contributed by atoms with E-state index >= 15 is 0 Å². The molecule has 8 nitrogen and oxygen atoms in total. The minimum atomic E-state index is -4.72. The Hall–Kier alpha value is -2.97. The van der Waals surface area contributed by atoms with E-state index in [9.17, 15) is 22.8 Å². The number of hydrogen-bond donors (Lipinski definition) is 0. The fourth-order valence-corrected chi connectivity index (χ4v) is 3.97. The molecule has 1 saturated heterocycles. The van der Waals surface area contributed by atoms with Gasteiger partial charge < -0.3 is 14.5 Å². The molecule has 13 heteroatoms. The predicted octanol–water partition coefficient (Wildman–Crippen LogP) is 3.58. The molecule has 1 aromatic heterocycles. The molecular formula is C20H18Cl2F3N5O3. The van der Waals surface area contributed by atoms with E-state index in [1.165, 1.54) is 25.0 Å². The molecule has 33 heavy (non-hydrogen) atoms. The first-order valence-electron chi connectivity index (χ1n) is 9.62. The van der Waals surface area contributed by atoms with Gasteiger partial charge >= 0.3 is 6.18 Å². The van der Waals surface area contributed by atoms with E-state index < -0.39 is 35.1 Å². The minimum Gasteiger partial charge on any atom is -0.495 e. The number of Topliss-reactive ketones (excluding diaryl/α,β-unsaturated/α-hetero) is 1. The summed E-state index contributed by atoms with van der Waals surface area (Å²) in [4.78, 5) is 28.1. The normalized spacial score (nSPS) is 14.2. The Bertz CT molecular complexity index is 1140. The Balaban J connectivity index is 1.74. The summed E-state index contributed by atoms with van der Waals surface area (Å²) in [5.74, 6) is -0.863. The maximum Gasteiger partial charge on any atom is 0.436 e. The largest absolute Gasteiger partial charge is 0.495 e. The molecule has 1 aliphatic rings. The number of aromatic nitrogens is 2. The Morgan fingerprint density at radius 3 is 2.36 bits per heavy atom. The smallest absolute Gasteiger partial charge is 0.436 e. The molecule has 0 spiro atoms. The molecule has 1 aromatic carbocycles. The first-order chi connectivity index (χ1) is 15.5. The van der Waals surface area contributed by atoms with E-state index in [0.717, 1.165) is 4.68 Å². The lowest BCUT2D eigenvalue weighted by atomic mass is 10.1. The number of anilines is 1. The molecule has 0 saturated carbocycles. The van der Waals surface area contributed by atoms with Crippen molar-refractivity contribution in [2.24, 2.45) is 0 Å². The zero-order chi connectivity index (χ0) is 24.5. The molecule has 0 atom stereocenters. The van der Waals surface area contributed by atoms with E-state index in [2.05, 4.69) is 5.10 Å². The molecule has 1 aliphatic heterocycles. The zero-order valence-electron chi connectivity index (χ0n) is 17.5. The highest BCUT2D eigenvalue weighted by atomic mass is 35.5. The lowest BCUT2D eigenvalue weighted by Crippen LogP contribution is -2.50. The van der Waals surface area contributed by atoms with Gasteiger partial charge in [-0.25, -0.2) is 0 Å². The SMILES string of the molecule is COc1cc(N2CCN(C(=O)Cn3nc(C(F)(F)F)c(Cl)c3C)CC2)c(C(=O)C#N)cc1Cl. The number of rotatable bonds is 5. The van der Waals surface area contributed by atoms with Crippen molar-refractivity contribution < 1.29 is 27.5 Å². The van der Waals surface area contributed by atoms with Crippen molar-refractivity contribution in [1.82, 2.24) is 14.7 Å². The van der Waals surface area contributed by atoms with Crippen molar-refractivity contribution in [1.29, 1.82) is 5.26 Å². The topological polar surface area (TPSA) is 91.5 Å². The number of halogens is 5. The number of amides is 1. The minimum absolute atomic E-state index is 0.0453. The lowest BCUT2D eigenvalue weighted by Gasteiger charge is -2.37. The Kier molecular flexibility index (Phi) is 7.09. The number of carbonyl (C=O) groups excluding carboxylic acids is 2. The summed E-state index contributed by atoms with van der Waals surface area (Å²) in [6.07, 6.45) is -4.72. The van der Waals surface area contributed by atoms with E-state index in [-0.39, 0.29) is 29.4 Å². The average Bonchev–Trinajstić information content (AvgIpc) is 3.07. The van der Waals surface area contributed by atoms with Crippen LogP contribution >= 0.6 is 23.2 Å². The summed E-state index contributed by atoms with van der Waals surface area (Å²) in [6.45, 7) is 2.07. The lowest BCUT2D eigenvalue weighted by molar-refractivity contribution is -0.142. The molecule has 0 aliphatic carbocycles. The van der Waals surface area contributed by atoms with Gasteiger partial charge in [0, 0.05) is 32.2 Å². The highest BCUT2D eigenvalue weighted by Crippen LogP contribution is 2.36. The number of benzene rings is 1. The maximum atomic E-state index is 13.0. The second kappa shape index (κ2) is 9.49. The van der Waals surface area contributed by atoms with Crippen LogP contribution in [0.5, 0.6) is 5.75 Å². The van der Waals surface area contributed by atoms with Gasteiger partial charge in [-0.2, -0.15) is 23.5 Å². The fourth-order valence-electron chi connectivity index (χ4n) is 3.49. The summed E-state index contributed by atoms with van der Waals surface area (Å²) in [7, 11) is 1.42. The van der Waals surface area contributed by atoms with Gasteiger partial charge in [-0.15, -0.1) is 0 Å².